The number of carbonyl (C=O) groups excluding carboxylic acids is 1. The Labute approximate surface area is 190 Å². The average molecular weight is 462 g/mol. The molecule has 0 unspecified atom stereocenters. The van der Waals surface area contributed by atoms with E-state index >= 15 is 0 Å². The van der Waals surface area contributed by atoms with Crippen molar-refractivity contribution in [2.45, 2.75) is 22.6 Å². The van der Waals surface area contributed by atoms with E-state index in [-0.39, 0.29) is 10.7 Å². The minimum atomic E-state index is -3.59. The summed E-state index contributed by atoms with van der Waals surface area (Å²) < 4.78 is 26.4. The highest BCUT2D eigenvalue weighted by molar-refractivity contribution is 7.99. The van der Waals surface area contributed by atoms with Crippen molar-refractivity contribution in [2.24, 2.45) is 0 Å². The summed E-state index contributed by atoms with van der Waals surface area (Å²) in [5.41, 5.74) is 1.72. The summed E-state index contributed by atoms with van der Waals surface area (Å²) in [5, 5.41) is 0. The van der Waals surface area contributed by atoms with Crippen molar-refractivity contribution < 1.29 is 13.2 Å². The second-order valence-electron chi connectivity index (χ2n) is 7.84. The highest BCUT2D eigenvalue weighted by atomic mass is 32.2. The van der Waals surface area contributed by atoms with Crippen molar-refractivity contribution in [3.63, 3.8) is 0 Å². The van der Waals surface area contributed by atoms with E-state index in [1.54, 1.807) is 12.1 Å². The summed E-state index contributed by atoms with van der Waals surface area (Å²) in [6, 6.07) is 15.4. The van der Waals surface area contributed by atoms with Crippen LogP contribution in [0.2, 0.25) is 0 Å². The Morgan fingerprint density at radius 2 is 1.71 bits per heavy atom. The third kappa shape index (κ3) is 5.88. The predicted molar refractivity (Wildman–Crippen MR) is 128 cm³/mol. The summed E-state index contributed by atoms with van der Waals surface area (Å²) in [7, 11) is -0.583. The van der Waals surface area contributed by atoms with Crippen molar-refractivity contribution in [3.05, 3.63) is 54.1 Å². The maximum Gasteiger partial charge on any atom is 0.243 e. The molecule has 1 fully saturated rings. The van der Waals surface area contributed by atoms with Gasteiger partial charge in [0.05, 0.1) is 4.90 Å². The van der Waals surface area contributed by atoms with Crippen LogP contribution in [0.5, 0.6) is 0 Å². The third-order valence-electron chi connectivity index (χ3n) is 5.62. The van der Waals surface area contributed by atoms with Gasteiger partial charge in [0.1, 0.15) is 0 Å². The highest BCUT2D eigenvalue weighted by Crippen LogP contribution is 2.28. The maximum atomic E-state index is 12.7. The monoisotopic (exact) mass is 461 g/mol. The Balaban J connectivity index is 1.53. The lowest BCUT2D eigenvalue weighted by Crippen LogP contribution is -2.46. The minimum Gasteiger partial charge on any atom is -0.369 e. The van der Waals surface area contributed by atoms with E-state index in [1.807, 2.05) is 12.3 Å². The molecule has 0 aromatic heterocycles. The molecule has 8 heteroatoms. The number of benzene rings is 2. The molecule has 2 aromatic carbocycles. The molecule has 1 heterocycles. The molecule has 2 aromatic rings. The molecule has 6 nitrogen and oxygen atoms in total. The molecule has 1 saturated heterocycles. The zero-order valence-corrected chi connectivity index (χ0v) is 20.1. The summed E-state index contributed by atoms with van der Waals surface area (Å²) in [4.78, 5) is 18.4. The van der Waals surface area contributed by atoms with Crippen molar-refractivity contribution in [2.75, 3.05) is 58.0 Å². The Morgan fingerprint density at radius 3 is 2.32 bits per heavy atom. The number of rotatable bonds is 9. The molecular formula is C23H31N3O3S2. The van der Waals surface area contributed by atoms with E-state index in [1.165, 1.54) is 41.9 Å². The Hall–Kier alpha value is -1.87. The van der Waals surface area contributed by atoms with E-state index < -0.39 is 10.0 Å². The Bertz CT molecular complexity index is 986. The molecule has 0 N–H and O–H groups in total. The van der Waals surface area contributed by atoms with Crippen LogP contribution in [-0.4, -0.2) is 76.5 Å². The topological polar surface area (TPSA) is 60.9 Å². The number of hydrogen-bond donors (Lipinski definition) is 0. The second kappa shape index (κ2) is 10.6. The zero-order chi connectivity index (χ0) is 22.4. The van der Waals surface area contributed by atoms with Crippen LogP contribution >= 0.6 is 11.8 Å². The van der Waals surface area contributed by atoms with Gasteiger partial charge < -0.3 is 4.90 Å². The lowest BCUT2D eigenvalue weighted by Gasteiger charge is -2.36. The van der Waals surface area contributed by atoms with Crippen LogP contribution in [0.25, 0.3) is 0 Å². The standard InChI is InChI=1S/C23H31N3O3S2/c1-24(2)31(28,29)23-18-19(11-12-22(23)30-3)21(27)10-7-13-25-14-16-26(17-15-25)20-8-5-4-6-9-20/h4-6,8-9,11-12,18H,7,10,13-17H2,1-3H3. The van der Waals surface area contributed by atoms with Gasteiger partial charge in [-0.1, -0.05) is 24.3 Å². The van der Waals surface area contributed by atoms with Gasteiger partial charge in [-0.05, 0) is 43.5 Å². The van der Waals surface area contributed by atoms with Crippen molar-refractivity contribution in [1.82, 2.24) is 9.21 Å². The number of hydrogen-bond acceptors (Lipinski definition) is 6. The van der Waals surface area contributed by atoms with Crippen molar-refractivity contribution >= 4 is 33.3 Å². The first-order valence-corrected chi connectivity index (χ1v) is 13.2. The van der Waals surface area contributed by atoms with E-state index in [0.717, 1.165) is 39.1 Å². The fourth-order valence-corrected chi connectivity index (χ4v) is 5.75. The van der Waals surface area contributed by atoms with Crippen LogP contribution in [0.3, 0.4) is 0 Å². The molecular weight excluding hydrogens is 430 g/mol. The largest absolute Gasteiger partial charge is 0.369 e. The molecule has 0 atom stereocenters. The molecule has 0 saturated carbocycles. The first-order chi connectivity index (χ1) is 14.8. The fraction of sp³-hybridized carbons (Fsp3) is 0.435. The lowest BCUT2D eigenvalue weighted by atomic mass is 10.1. The maximum absolute atomic E-state index is 12.7. The molecule has 31 heavy (non-hydrogen) atoms. The van der Waals surface area contributed by atoms with Gasteiger partial charge in [-0.3, -0.25) is 9.69 Å². The van der Waals surface area contributed by atoms with E-state index in [2.05, 4.69) is 34.1 Å². The van der Waals surface area contributed by atoms with Gasteiger partial charge in [0.25, 0.3) is 0 Å². The summed E-state index contributed by atoms with van der Waals surface area (Å²) in [6.45, 7) is 4.81. The normalized spacial score (nSPS) is 15.4. The molecule has 168 valence electrons. The molecule has 1 aliphatic rings. The number of sulfonamides is 1. The number of thioether (sulfide) groups is 1. The fourth-order valence-electron chi connectivity index (χ4n) is 3.72. The van der Waals surface area contributed by atoms with Gasteiger partial charge in [-0.2, -0.15) is 0 Å². The van der Waals surface area contributed by atoms with Gasteiger partial charge in [-0.15, -0.1) is 11.8 Å². The van der Waals surface area contributed by atoms with Crippen LogP contribution in [0.4, 0.5) is 5.69 Å². The zero-order valence-electron chi connectivity index (χ0n) is 18.5. The first kappa shape index (κ1) is 23.8. The number of carbonyl (C=O) groups is 1. The third-order valence-corrected chi connectivity index (χ3v) is 8.40. The SMILES string of the molecule is CSc1ccc(C(=O)CCCN2CCN(c3ccccc3)CC2)cc1S(=O)(=O)N(C)C. The molecule has 3 rings (SSSR count). The van der Waals surface area contributed by atoms with Crippen LogP contribution < -0.4 is 4.90 Å². The number of para-hydroxylation sites is 1. The minimum absolute atomic E-state index is 0.00854. The first-order valence-electron chi connectivity index (χ1n) is 10.5. The second-order valence-corrected chi connectivity index (χ2v) is 10.8. The van der Waals surface area contributed by atoms with E-state index in [9.17, 15) is 13.2 Å². The molecule has 1 aliphatic heterocycles. The molecule has 0 amide bonds. The number of piperazine rings is 1. The van der Waals surface area contributed by atoms with Crippen LogP contribution in [0.15, 0.2) is 58.3 Å². The smallest absolute Gasteiger partial charge is 0.243 e. The lowest BCUT2D eigenvalue weighted by molar-refractivity contribution is 0.0974. The molecule has 0 radical (unpaired) electrons. The molecule has 0 spiro atoms. The highest BCUT2D eigenvalue weighted by Gasteiger charge is 2.23. The van der Waals surface area contributed by atoms with Crippen LogP contribution in [-0.2, 0) is 10.0 Å². The van der Waals surface area contributed by atoms with Gasteiger partial charge in [0, 0.05) is 62.8 Å². The summed E-state index contributed by atoms with van der Waals surface area (Å²) in [5.74, 6) is -0.00854. The van der Waals surface area contributed by atoms with Crippen LogP contribution in [0.1, 0.15) is 23.2 Å². The number of Topliss-reactive ketones (excluding diaryl/α,β-unsaturated/α-hetero) is 1. The number of anilines is 1. The number of nitrogens with zero attached hydrogens (tertiary/aromatic N) is 3. The predicted octanol–water partition coefficient (Wildman–Crippen LogP) is 3.44. The molecule has 0 aliphatic carbocycles. The quantitative estimate of drug-likeness (QED) is 0.421. The van der Waals surface area contributed by atoms with E-state index in [4.69, 9.17) is 0 Å². The Kier molecular flexibility index (Phi) is 8.16. The van der Waals surface area contributed by atoms with E-state index in [0.29, 0.717) is 16.9 Å². The molecule has 0 bridgehead atoms. The van der Waals surface area contributed by atoms with Crippen molar-refractivity contribution in [1.29, 1.82) is 0 Å². The summed E-state index contributed by atoms with van der Waals surface area (Å²) in [6.07, 6.45) is 3.02. The van der Waals surface area contributed by atoms with Gasteiger partial charge in [0.15, 0.2) is 5.78 Å². The summed E-state index contributed by atoms with van der Waals surface area (Å²) >= 11 is 1.37. The Morgan fingerprint density at radius 1 is 1.03 bits per heavy atom. The number of ketones is 1. The van der Waals surface area contributed by atoms with Gasteiger partial charge in [0.2, 0.25) is 10.0 Å². The average Bonchev–Trinajstić information content (AvgIpc) is 2.79. The van der Waals surface area contributed by atoms with Gasteiger partial charge >= 0.3 is 0 Å². The van der Waals surface area contributed by atoms with Crippen LogP contribution in [0, 0.1) is 0 Å². The van der Waals surface area contributed by atoms with Crippen molar-refractivity contribution in [3.8, 4) is 0 Å². The van der Waals surface area contributed by atoms with Gasteiger partial charge in [-0.25, -0.2) is 12.7 Å².